The van der Waals surface area contributed by atoms with Crippen molar-refractivity contribution in [2.45, 2.75) is 33.2 Å². The van der Waals surface area contributed by atoms with Crippen LogP contribution in [0.15, 0.2) is 0 Å². The molecule has 1 atom stereocenters. The van der Waals surface area contributed by atoms with Crippen LogP contribution in [-0.2, 0) is 9.59 Å². The molecule has 4 heteroatoms. The van der Waals surface area contributed by atoms with E-state index in [0.29, 0.717) is 25.4 Å². The van der Waals surface area contributed by atoms with Crippen LogP contribution in [0.1, 0.15) is 27.2 Å². The standard InChI is InChI=1S/C11H20N2O2/c1-8(2)6-11(15)13-5-4-12-7-10(13)9(3)14/h8,10,12H,4-7H2,1-3H3. The van der Waals surface area contributed by atoms with Gasteiger partial charge >= 0.3 is 0 Å². The van der Waals surface area contributed by atoms with Gasteiger partial charge in [0.15, 0.2) is 5.78 Å². The van der Waals surface area contributed by atoms with E-state index < -0.39 is 0 Å². The van der Waals surface area contributed by atoms with E-state index in [4.69, 9.17) is 0 Å². The summed E-state index contributed by atoms with van der Waals surface area (Å²) >= 11 is 0. The van der Waals surface area contributed by atoms with Crippen molar-refractivity contribution in [3.63, 3.8) is 0 Å². The number of ketones is 1. The molecule has 0 aliphatic carbocycles. The van der Waals surface area contributed by atoms with Crippen molar-refractivity contribution in [3.05, 3.63) is 0 Å². The van der Waals surface area contributed by atoms with Gasteiger partial charge in [0.2, 0.25) is 5.91 Å². The van der Waals surface area contributed by atoms with Crippen molar-refractivity contribution in [2.75, 3.05) is 19.6 Å². The monoisotopic (exact) mass is 212 g/mol. The normalized spacial score (nSPS) is 21.9. The van der Waals surface area contributed by atoms with E-state index in [1.807, 2.05) is 13.8 Å². The smallest absolute Gasteiger partial charge is 0.223 e. The minimum absolute atomic E-state index is 0.0688. The summed E-state index contributed by atoms with van der Waals surface area (Å²) in [5.74, 6) is 0.519. The van der Waals surface area contributed by atoms with Gasteiger partial charge < -0.3 is 10.2 Å². The second kappa shape index (κ2) is 5.26. The Bertz CT molecular complexity index is 251. The van der Waals surface area contributed by atoms with Gasteiger partial charge in [-0.2, -0.15) is 0 Å². The molecular weight excluding hydrogens is 192 g/mol. The van der Waals surface area contributed by atoms with Crippen molar-refractivity contribution in [2.24, 2.45) is 5.92 Å². The molecule has 86 valence electrons. The number of Topliss-reactive ketones (excluding diaryl/α,β-unsaturated/α-hetero) is 1. The summed E-state index contributed by atoms with van der Waals surface area (Å²) in [7, 11) is 0. The lowest BCUT2D eigenvalue weighted by molar-refractivity contribution is -0.140. The summed E-state index contributed by atoms with van der Waals surface area (Å²) in [4.78, 5) is 25.0. The number of piperazine rings is 1. The first-order valence-electron chi connectivity index (χ1n) is 5.53. The number of amides is 1. The number of carbonyl (C=O) groups is 2. The van der Waals surface area contributed by atoms with Crippen molar-refractivity contribution < 1.29 is 9.59 Å². The highest BCUT2D eigenvalue weighted by molar-refractivity contribution is 5.88. The quantitative estimate of drug-likeness (QED) is 0.737. The van der Waals surface area contributed by atoms with Crippen LogP contribution in [0.4, 0.5) is 0 Å². The fourth-order valence-electron chi connectivity index (χ4n) is 1.83. The summed E-state index contributed by atoms with van der Waals surface area (Å²) in [6.07, 6.45) is 0.532. The first-order valence-corrected chi connectivity index (χ1v) is 5.53. The predicted octanol–water partition coefficient (Wildman–Crippen LogP) is 0.422. The third-order valence-corrected chi connectivity index (χ3v) is 2.62. The highest BCUT2D eigenvalue weighted by Gasteiger charge is 2.29. The summed E-state index contributed by atoms with van der Waals surface area (Å²) in [6.45, 7) is 7.61. The molecule has 1 saturated heterocycles. The first kappa shape index (κ1) is 12.2. The van der Waals surface area contributed by atoms with Gasteiger partial charge in [0.1, 0.15) is 6.04 Å². The number of nitrogens with zero attached hydrogens (tertiary/aromatic N) is 1. The van der Waals surface area contributed by atoms with Gasteiger partial charge in [0.05, 0.1) is 0 Å². The number of hydrogen-bond acceptors (Lipinski definition) is 3. The molecule has 0 radical (unpaired) electrons. The lowest BCUT2D eigenvalue weighted by Crippen LogP contribution is -2.56. The molecule has 1 aliphatic rings. The molecule has 1 aliphatic heterocycles. The Balaban J connectivity index is 2.63. The average Bonchev–Trinajstić information content (AvgIpc) is 2.16. The zero-order chi connectivity index (χ0) is 11.4. The minimum Gasteiger partial charge on any atom is -0.330 e. The maximum atomic E-state index is 11.9. The Kier molecular flexibility index (Phi) is 4.27. The topological polar surface area (TPSA) is 49.4 Å². The molecule has 15 heavy (non-hydrogen) atoms. The Labute approximate surface area is 91.0 Å². The summed E-state index contributed by atoms with van der Waals surface area (Å²) < 4.78 is 0. The van der Waals surface area contributed by atoms with Gasteiger partial charge in [-0.3, -0.25) is 9.59 Å². The number of nitrogens with one attached hydrogen (secondary N) is 1. The van der Waals surface area contributed by atoms with E-state index in [1.54, 1.807) is 11.8 Å². The molecule has 0 bridgehead atoms. The molecule has 0 saturated carbocycles. The maximum Gasteiger partial charge on any atom is 0.223 e. The van der Waals surface area contributed by atoms with Gasteiger partial charge in [0, 0.05) is 26.1 Å². The van der Waals surface area contributed by atoms with Crippen LogP contribution in [0.3, 0.4) is 0 Å². The SMILES string of the molecule is CC(=O)C1CNCCN1C(=O)CC(C)C. The van der Waals surface area contributed by atoms with E-state index in [0.717, 1.165) is 6.54 Å². The first-order chi connectivity index (χ1) is 7.02. The minimum atomic E-state index is -0.259. The van der Waals surface area contributed by atoms with Crippen LogP contribution < -0.4 is 5.32 Å². The van der Waals surface area contributed by atoms with Crippen molar-refractivity contribution >= 4 is 11.7 Å². The van der Waals surface area contributed by atoms with Crippen molar-refractivity contribution in [3.8, 4) is 0 Å². The molecule has 1 rings (SSSR count). The Morgan fingerprint density at radius 2 is 2.13 bits per heavy atom. The van der Waals surface area contributed by atoms with Crippen molar-refractivity contribution in [1.82, 2.24) is 10.2 Å². The van der Waals surface area contributed by atoms with E-state index in [9.17, 15) is 9.59 Å². The van der Waals surface area contributed by atoms with Crippen LogP contribution in [0.25, 0.3) is 0 Å². The summed E-state index contributed by atoms with van der Waals surface area (Å²) in [5, 5.41) is 3.14. The number of carbonyl (C=O) groups excluding carboxylic acids is 2. The predicted molar refractivity (Wildman–Crippen MR) is 58.5 cm³/mol. The highest BCUT2D eigenvalue weighted by atomic mass is 16.2. The second-order valence-corrected chi connectivity index (χ2v) is 4.52. The fourth-order valence-corrected chi connectivity index (χ4v) is 1.83. The zero-order valence-electron chi connectivity index (χ0n) is 9.75. The number of rotatable bonds is 3. The molecule has 1 fully saturated rings. The van der Waals surface area contributed by atoms with Crippen LogP contribution >= 0.6 is 0 Å². The van der Waals surface area contributed by atoms with Gasteiger partial charge in [0.25, 0.3) is 0 Å². The Morgan fingerprint density at radius 1 is 1.47 bits per heavy atom. The third kappa shape index (κ3) is 3.30. The van der Waals surface area contributed by atoms with E-state index in [-0.39, 0.29) is 17.7 Å². The second-order valence-electron chi connectivity index (χ2n) is 4.52. The van der Waals surface area contributed by atoms with E-state index in [1.165, 1.54) is 0 Å². The third-order valence-electron chi connectivity index (χ3n) is 2.62. The molecule has 0 aromatic heterocycles. The Morgan fingerprint density at radius 3 is 2.67 bits per heavy atom. The summed E-state index contributed by atoms with van der Waals surface area (Å²) in [6, 6.07) is -0.259. The molecule has 0 spiro atoms. The lowest BCUT2D eigenvalue weighted by Gasteiger charge is -2.35. The van der Waals surface area contributed by atoms with Crippen LogP contribution in [0.5, 0.6) is 0 Å². The largest absolute Gasteiger partial charge is 0.330 e. The van der Waals surface area contributed by atoms with E-state index >= 15 is 0 Å². The van der Waals surface area contributed by atoms with Crippen LogP contribution in [-0.4, -0.2) is 42.3 Å². The molecule has 4 nitrogen and oxygen atoms in total. The highest BCUT2D eigenvalue weighted by Crippen LogP contribution is 2.10. The zero-order valence-corrected chi connectivity index (χ0v) is 9.75. The summed E-state index contributed by atoms with van der Waals surface area (Å²) in [5.41, 5.74) is 0. The van der Waals surface area contributed by atoms with Gasteiger partial charge in [-0.15, -0.1) is 0 Å². The molecule has 1 unspecified atom stereocenters. The van der Waals surface area contributed by atoms with Crippen LogP contribution in [0, 0.1) is 5.92 Å². The van der Waals surface area contributed by atoms with Gasteiger partial charge in [-0.05, 0) is 12.8 Å². The molecule has 1 heterocycles. The van der Waals surface area contributed by atoms with Crippen LogP contribution in [0.2, 0.25) is 0 Å². The molecule has 0 aromatic rings. The maximum absolute atomic E-state index is 11.9. The average molecular weight is 212 g/mol. The molecular formula is C11H20N2O2. The Hall–Kier alpha value is -0.900. The van der Waals surface area contributed by atoms with E-state index in [2.05, 4.69) is 5.32 Å². The molecule has 1 amide bonds. The molecule has 0 aromatic carbocycles. The fraction of sp³-hybridized carbons (Fsp3) is 0.818. The number of hydrogen-bond donors (Lipinski definition) is 1. The lowest BCUT2D eigenvalue weighted by atomic mass is 10.1. The van der Waals surface area contributed by atoms with Crippen molar-refractivity contribution in [1.29, 1.82) is 0 Å². The van der Waals surface area contributed by atoms with Gasteiger partial charge in [-0.25, -0.2) is 0 Å². The van der Waals surface area contributed by atoms with Gasteiger partial charge in [-0.1, -0.05) is 13.8 Å². The molecule has 1 N–H and O–H groups in total.